The van der Waals surface area contributed by atoms with Crippen molar-refractivity contribution in [2.45, 2.75) is 31.8 Å². The van der Waals surface area contributed by atoms with Crippen molar-refractivity contribution in [3.63, 3.8) is 0 Å². The molecular weight excluding hydrogens is 344 g/mol. The molecule has 4 rings (SSSR count). The number of amides is 1. The minimum atomic E-state index is -0.725. The Hall–Kier alpha value is -3.22. The molecule has 0 radical (unpaired) electrons. The maximum absolute atomic E-state index is 12.7. The van der Waals surface area contributed by atoms with Gasteiger partial charge in [-0.3, -0.25) is 23.5 Å². The zero-order chi connectivity index (χ0) is 19.0. The Kier molecular flexibility index (Phi) is 4.35. The summed E-state index contributed by atoms with van der Waals surface area (Å²) in [6.45, 7) is -0.213. The Morgan fingerprint density at radius 3 is 2.85 bits per heavy atom. The number of carbonyl (C=O) groups excluding carboxylic acids is 1. The maximum Gasteiger partial charge on any atom is 0.317 e. The Morgan fingerprint density at radius 1 is 1.19 bits per heavy atom. The van der Waals surface area contributed by atoms with Crippen molar-refractivity contribution in [1.29, 1.82) is 0 Å². The van der Waals surface area contributed by atoms with Crippen LogP contribution < -0.4 is 16.4 Å². The summed E-state index contributed by atoms with van der Waals surface area (Å²) in [6, 6.07) is 11.4. The minimum Gasteiger partial charge on any atom is -0.348 e. The number of rotatable bonds is 3. The van der Waals surface area contributed by atoms with Gasteiger partial charge in [-0.2, -0.15) is 0 Å². The first kappa shape index (κ1) is 17.2. The van der Waals surface area contributed by atoms with E-state index in [1.165, 1.54) is 21.7 Å². The van der Waals surface area contributed by atoms with Crippen molar-refractivity contribution in [3.05, 3.63) is 74.4 Å². The average molecular weight is 364 g/mol. The van der Waals surface area contributed by atoms with Crippen LogP contribution in [0.15, 0.2) is 52.2 Å². The quantitative estimate of drug-likeness (QED) is 0.710. The van der Waals surface area contributed by atoms with Gasteiger partial charge in [-0.25, -0.2) is 4.98 Å². The molecule has 1 aliphatic rings. The third kappa shape index (κ3) is 3.05. The standard InChI is InChI=1S/C20H20N4O3/c1-23-18-16(10-5-11-21-18)24(20(27)19(23)26)12-17(25)22-15-9-4-7-13-6-2-3-8-14(13)15/h2-3,5-6,8,10-11,15H,4,7,9,12H2,1H3,(H,22,25). The lowest BCUT2D eigenvalue weighted by Gasteiger charge is -2.26. The third-order valence-corrected chi connectivity index (χ3v) is 5.11. The average Bonchev–Trinajstić information content (AvgIpc) is 2.70. The van der Waals surface area contributed by atoms with Gasteiger partial charge in [0.1, 0.15) is 6.54 Å². The third-order valence-electron chi connectivity index (χ3n) is 5.11. The Bertz CT molecular complexity index is 1150. The molecule has 0 saturated carbocycles. The molecule has 1 atom stereocenters. The van der Waals surface area contributed by atoms with Crippen molar-refractivity contribution < 1.29 is 4.79 Å². The van der Waals surface area contributed by atoms with E-state index in [0.29, 0.717) is 11.2 Å². The highest BCUT2D eigenvalue weighted by Gasteiger charge is 2.22. The van der Waals surface area contributed by atoms with E-state index in [1.807, 2.05) is 18.2 Å². The number of aryl methyl sites for hydroxylation is 2. The predicted molar refractivity (Wildman–Crippen MR) is 102 cm³/mol. The fourth-order valence-electron chi connectivity index (χ4n) is 3.77. The molecule has 7 heteroatoms. The number of fused-ring (bicyclic) bond motifs is 2. The summed E-state index contributed by atoms with van der Waals surface area (Å²) < 4.78 is 2.41. The summed E-state index contributed by atoms with van der Waals surface area (Å²) in [6.07, 6.45) is 4.42. The van der Waals surface area contributed by atoms with Crippen molar-refractivity contribution in [2.24, 2.45) is 7.05 Å². The fourth-order valence-corrected chi connectivity index (χ4v) is 3.77. The Morgan fingerprint density at radius 2 is 2.00 bits per heavy atom. The van der Waals surface area contributed by atoms with Gasteiger partial charge in [-0.05, 0) is 42.5 Å². The lowest BCUT2D eigenvalue weighted by molar-refractivity contribution is -0.122. The van der Waals surface area contributed by atoms with Gasteiger partial charge in [0.2, 0.25) is 5.91 Å². The molecule has 1 amide bonds. The summed E-state index contributed by atoms with van der Waals surface area (Å²) in [5.74, 6) is -0.294. The molecule has 0 spiro atoms. The van der Waals surface area contributed by atoms with Gasteiger partial charge in [0.05, 0.1) is 11.6 Å². The molecule has 0 saturated heterocycles. The molecule has 0 aliphatic heterocycles. The SMILES string of the molecule is Cn1c(=O)c(=O)n(CC(=O)NC2CCCc3ccccc32)c2cccnc21. The lowest BCUT2D eigenvalue weighted by atomic mass is 9.88. The van der Waals surface area contributed by atoms with Gasteiger partial charge < -0.3 is 5.32 Å². The first-order chi connectivity index (χ1) is 13.1. The van der Waals surface area contributed by atoms with E-state index in [2.05, 4.69) is 16.4 Å². The second-order valence-electron chi connectivity index (χ2n) is 6.81. The second kappa shape index (κ2) is 6.83. The molecule has 1 N–H and O–H groups in total. The fraction of sp³-hybridized carbons (Fsp3) is 0.300. The van der Waals surface area contributed by atoms with Gasteiger partial charge in [-0.1, -0.05) is 24.3 Å². The van der Waals surface area contributed by atoms with E-state index in [1.54, 1.807) is 18.3 Å². The minimum absolute atomic E-state index is 0.0749. The molecular formula is C20H20N4O3. The topological polar surface area (TPSA) is 86.0 Å². The smallest absolute Gasteiger partial charge is 0.317 e. The highest BCUT2D eigenvalue weighted by molar-refractivity contribution is 5.79. The van der Waals surface area contributed by atoms with Crippen LogP contribution in [-0.2, 0) is 24.8 Å². The van der Waals surface area contributed by atoms with E-state index in [0.717, 1.165) is 24.8 Å². The van der Waals surface area contributed by atoms with Gasteiger partial charge in [0.25, 0.3) is 0 Å². The van der Waals surface area contributed by atoms with E-state index < -0.39 is 11.1 Å². The first-order valence-electron chi connectivity index (χ1n) is 8.98. The van der Waals surface area contributed by atoms with Crippen LogP contribution in [0.3, 0.4) is 0 Å². The molecule has 1 aromatic carbocycles. The summed E-state index contributed by atoms with van der Waals surface area (Å²) in [4.78, 5) is 41.5. The number of pyridine rings is 1. The number of benzene rings is 1. The summed E-state index contributed by atoms with van der Waals surface area (Å²) >= 11 is 0. The number of hydrogen-bond acceptors (Lipinski definition) is 4. The molecule has 2 heterocycles. The van der Waals surface area contributed by atoms with E-state index >= 15 is 0 Å². The van der Waals surface area contributed by atoms with Crippen LogP contribution >= 0.6 is 0 Å². The molecule has 2 aromatic heterocycles. The van der Waals surface area contributed by atoms with Gasteiger partial charge >= 0.3 is 11.1 Å². The lowest BCUT2D eigenvalue weighted by Crippen LogP contribution is -2.44. The maximum atomic E-state index is 12.7. The van der Waals surface area contributed by atoms with E-state index in [4.69, 9.17) is 0 Å². The molecule has 3 aromatic rings. The van der Waals surface area contributed by atoms with Crippen LogP contribution in [0, 0.1) is 0 Å². The zero-order valence-electron chi connectivity index (χ0n) is 15.0. The van der Waals surface area contributed by atoms with Gasteiger partial charge in [0, 0.05) is 13.2 Å². The van der Waals surface area contributed by atoms with Crippen LogP contribution in [0.25, 0.3) is 11.2 Å². The predicted octanol–water partition coefficient (Wildman–Crippen LogP) is 1.29. The summed E-state index contributed by atoms with van der Waals surface area (Å²) in [7, 11) is 1.50. The Balaban J connectivity index is 1.65. The largest absolute Gasteiger partial charge is 0.348 e. The molecule has 7 nitrogen and oxygen atoms in total. The van der Waals surface area contributed by atoms with Crippen molar-refractivity contribution in [2.75, 3.05) is 0 Å². The van der Waals surface area contributed by atoms with Crippen LogP contribution in [0.1, 0.15) is 30.0 Å². The molecule has 1 unspecified atom stereocenters. The van der Waals surface area contributed by atoms with Crippen LogP contribution in [0.2, 0.25) is 0 Å². The number of carbonyl (C=O) groups is 1. The monoisotopic (exact) mass is 364 g/mol. The van der Waals surface area contributed by atoms with Crippen molar-refractivity contribution >= 4 is 17.1 Å². The number of nitrogens with zero attached hydrogens (tertiary/aromatic N) is 3. The Labute approximate surface area is 155 Å². The summed E-state index contributed by atoms with van der Waals surface area (Å²) in [5, 5.41) is 3.02. The highest BCUT2D eigenvalue weighted by Crippen LogP contribution is 2.29. The molecule has 27 heavy (non-hydrogen) atoms. The normalized spacial score (nSPS) is 16.1. The molecule has 138 valence electrons. The van der Waals surface area contributed by atoms with Crippen LogP contribution in [-0.4, -0.2) is 20.0 Å². The molecule has 0 fully saturated rings. The number of hydrogen-bond donors (Lipinski definition) is 1. The summed E-state index contributed by atoms with van der Waals surface area (Å²) in [5.41, 5.74) is 1.78. The van der Waals surface area contributed by atoms with Crippen LogP contribution in [0.4, 0.5) is 0 Å². The number of aromatic nitrogens is 3. The van der Waals surface area contributed by atoms with Crippen molar-refractivity contribution in [1.82, 2.24) is 19.4 Å². The van der Waals surface area contributed by atoms with Gasteiger partial charge in [-0.15, -0.1) is 0 Å². The first-order valence-corrected chi connectivity index (χ1v) is 8.98. The van der Waals surface area contributed by atoms with Gasteiger partial charge in [0.15, 0.2) is 5.65 Å². The number of nitrogens with one attached hydrogen (secondary N) is 1. The molecule has 1 aliphatic carbocycles. The van der Waals surface area contributed by atoms with Crippen molar-refractivity contribution in [3.8, 4) is 0 Å². The molecule has 0 bridgehead atoms. The van der Waals surface area contributed by atoms with Crippen LogP contribution in [0.5, 0.6) is 0 Å². The van der Waals surface area contributed by atoms with E-state index in [-0.39, 0.29) is 18.5 Å². The zero-order valence-corrected chi connectivity index (χ0v) is 15.0. The highest BCUT2D eigenvalue weighted by atomic mass is 16.2. The second-order valence-corrected chi connectivity index (χ2v) is 6.81. The van der Waals surface area contributed by atoms with E-state index in [9.17, 15) is 14.4 Å².